The lowest BCUT2D eigenvalue weighted by Crippen LogP contribution is -2.20. The number of pyridine rings is 1. The summed E-state index contributed by atoms with van der Waals surface area (Å²) in [5.74, 6) is 7.91. The standard InChI is InChI=1S/C32H30ClN5O2/c1-4-26(39)15-23-16-27-29(17-22(23)10-11-32(2)12-14-38(3)20-32)35-21-36-31(27)37-24-8-9-30(28(33)18-24)40-19-25-7-5-6-13-34-25/h4-9,13,16-18,21H,1,12,14-15,19-20H2,2-3H3,(H,35,36,37)/t32-/m1/s1. The molecule has 1 saturated heterocycles. The zero-order chi connectivity index (χ0) is 28.1. The molecule has 1 aliphatic heterocycles. The van der Waals surface area contributed by atoms with Crippen LogP contribution in [0.2, 0.25) is 5.02 Å². The summed E-state index contributed by atoms with van der Waals surface area (Å²) >= 11 is 6.52. The van der Waals surface area contributed by atoms with E-state index in [4.69, 9.17) is 16.3 Å². The minimum atomic E-state index is -0.0887. The maximum absolute atomic E-state index is 12.4. The molecule has 1 fully saturated rings. The fraction of sp³-hybridized carbons (Fsp3) is 0.250. The first-order valence-corrected chi connectivity index (χ1v) is 13.4. The number of fused-ring (bicyclic) bond motifs is 1. The van der Waals surface area contributed by atoms with Crippen LogP contribution in [0.15, 0.2) is 73.7 Å². The predicted octanol–water partition coefficient (Wildman–Crippen LogP) is 5.99. The Bertz CT molecular complexity index is 1630. The first-order chi connectivity index (χ1) is 19.3. The topological polar surface area (TPSA) is 80.2 Å². The number of allylic oxidation sites excluding steroid dienone is 1. The second-order valence-electron chi connectivity index (χ2n) is 10.3. The number of nitrogens with zero attached hydrogens (tertiary/aromatic N) is 4. The molecule has 0 saturated carbocycles. The van der Waals surface area contributed by atoms with E-state index in [9.17, 15) is 4.79 Å². The van der Waals surface area contributed by atoms with Crippen LogP contribution in [0, 0.1) is 17.3 Å². The van der Waals surface area contributed by atoms with Gasteiger partial charge >= 0.3 is 0 Å². The molecule has 202 valence electrons. The molecule has 1 N–H and O–H groups in total. The summed E-state index contributed by atoms with van der Waals surface area (Å²) in [4.78, 5) is 27.9. The van der Waals surface area contributed by atoms with Gasteiger partial charge in [0.2, 0.25) is 0 Å². The summed E-state index contributed by atoms with van der Waals surface area (Å²) in [6.45, 7) is 8.08. The van der Waals surface area contributed by atoms with Crippen LogP contribution < -0.4 is 10.1 Å². The van der Waals surface area contributed by atoms with Crippen molar-refractivity contribution in [1.82, 2.24) is 19.9 Å². The third-order valence-electron chi connectivity index (χ3n) is 6.91. The van der Waals surface area contributed by atoms with Crippen LogP contribution in [0.4, 0.5) is 11.5 Å². The monoisotopic (exact) mass is 551 g/mol. The van der Waals surface area contributed by atoms with E-state index in [1.807, 2.05) is 36.4 Å². The molecule has 0 aliphatic carbocycles. The van der Waals surface area contributed by atoms with Crippen molar-refractivity contribution in [3.63, 3.8) is 0 Å². The maximum atomic E-state index is 12.4. The molecule has 8 heteroatoms. The summed E-state index contributed by atoms with van der Waals surface area (Å²) in [5, 5.41) is 4.58. The minimum Gasteiger partial charge on any atom is -0.486 e. The highest BCUT2D eigenvalue weighted by molar-refractivity contribution is 6.32. The van der Waals surface area contributed by atoms with Gasteiger partial charge in [0.15, 0.2) is 5.78 Å². The molecule has 0 bridgehead atoms. The number of hydrogen-bond donors (Lipinski definition) is 1. The van der Waals surface area contributed by atoms with E-state index < -0.39 is 0 Å². The van der Waals surface area contributed by atoms with E-state index in [1.54, 1.807) is 18.3 Å². The summed E-state index contributed by atoms with van der Waals surface area (Å²) in [6, 6.07) is 15.0. The van der Waals surface area contributed by atoms with Crippen LogP contribution in [0.3, 0.4) is 0 Å². The van der Waals surface area contributed by atoms with Crippen LogP contribution in [0.25, 0.3) is 10.9 Å². The van der Waals surface area contributed by atoms with E-state index >= 15 is 0 Å². The third kappa shape index (κ3) is 6.48. The first kappa shape index (κ1) is 27.3. The fourth-order valence-corrected chi connectivity index (χ4v) is 4.98. The molecule has 0 spiro atoms. The molecule has 7 nitrogen and oxygen atoms in total. The lowest BCUT2D eigenvalue weighted by Gasteiger charge is -2.16. The normalized spacial score (nSPS) is 16.8. The van der Waals surface area contributed by atoms with E-state index in [0.717, 1.165) is 52.9 Å². The summed E-state index contributed by atoms with van der Waals surface area (Å²) in [7, 11) is 2.11. The van der Waals surface area contributed by atoms with Gasteiger partial charge in [-0.1, -0.05) is 36.1 Å². The lowest BCUT2D eigenvalue weighted by molar-refractivity contribution is -0.114. The van der Waals surface area contributed by atoms with Crippen molar-refractivity contribution in [3.05, 3.63) is 95.6 Å². The van der Waals surface area contributed by atoms with Gasteiger partial charge in [-0.2, -0.15) is 0 Å². The summed E-state index contributed by atoms with van der Waals surface area (Å²) in [5.41, 5.74) is 3.80. The summed E-state index contributed by atoms with van der Waals surface area (Å²) < 4.78 is 5.84. The largest absolute Gasteiger partial charge is 0.486 e. The van der Waals surface area contributed by atoms with Gasteiger partial charge in [0.25, 0.3) is 0 Å². The minimum absolute atomic E-state index is 0.0753. The second kappa shape index (κ2) is 11.9. The number of benzene rings is 2. The highest BCUT2D eigenvalue weighted by atomic mass is 35.5. The van der Waals surface area contributed by atoms with Gasteiger partial charge in [-0.05, 0) is 81.0 Å². The molecule has 0 unspecified atom stereocenters. The summed E-state index contributed by atoms with van der Waals surface area (Å²) in [6.07, 6.45) is 5.78. The molecule has 2 aromatic heterocycles. The number of ketones is 1. The Morgan fingerprint density at radius 1 is 1.23 bits per heavy atom. The van der Waals surface area contributed by atoms with Crippen molar-refractivity contribution >= 4 is 39.8 Å². The molecule has 2 aromatic carbocycles. The highest BCUT2D eigenvalue weighted by Gasteiger charge is 2.30. The number of anilines is 2. The Kier molecular flexibility index (Phi) is 8.11. The zero-order valence-corrected chi connectivity index (χ0v) is 23.3. The van der Waals surface area contributed by atoms with E-state index in [-0.39, 0.29) is 17.6 Å². The number of halogens is 1. The number of carbonyl (C=O) groups is 1. The van der Waals surface area contributed by atoms with Gasteiger partial charge in [0, 0.05) is 41.2 Å². The van der Waals surface area contributed by atoms with Crippen LogP contribution in [-0.4, -0.2) is 45.8 Å². The SMILES string of the molecule is C=CC(=O)Cc1cc2c(Nc3ccc(OCc4ccccn4)c(Cl)c3)ncnc2cc1C#C[C@]1(C)CCN(C)C1. The average Bonchev–Trinajstić information content (AvgIpc) is 3.30. The molecule has 1 atom stereocenters. The molecular weight excluding hydrogens is 522 g/mol. The lowest BCUT2D eigenvalue weighted by atomic mass is 9.89. The number of nitrogens with one attached hydrogen (secondary N) is 1. The van der Waals surface area contributed by atoms with Crippen molar-refractivity contribution < 1.29 is 9.53 Å². The first-order valence-electron chi connectivity index (χ1n) is 13.1. The zero-order valence-electron chi connectivity index (χ0n) is 22.6. The number of ether oxygens (including phenoxy) is 1. The Morgan fingerprint density at radius 3 is 2.83 bits per heavy atom. The van der Waals surface area contributed by atoms with Gasteiger partial charge in [0.05, 0.1) is 16.2 Å². The van der Waals surface area contributed by atoms with Crippen LogP contribution in [0.1, 0.15) is 30.2 Å². The van der Waals surface area contributed by atoms with Gasteiger partial charge in [-0.25, -0.2) is 9.97 Å². The van der Waals surface area contributed by atoms with Crippen molar-refractivity contribution in [2.24, 2.45) is 5.41 Å². The van der Waals surface area contributed by atoms with Crippen LogP contribution >= 0.6 is 11.6 Å². The Labute approximate surface area is 239 Å². The van der Waals surface area contributed by atoms with Gasteiger partial charge in [0.1, 0.15) is 24.5 Å². The molecule has 1 aliphatic rings. The molecule has 0 radical (unpaired) electrons. The Balaban J connectivity index is 1.43. The van der Waals surface area contributed by atoms with Crippen LogP contribution in [0.5, 0.6) is 5.75 Å². The van der Waals surface area contributed by atoms with Crippen LogP contribution in [-0.2, 0) is 17.8 Å². The second-order valence-corrected chi connectivity index (χ2v) is 10.7. The molecule has 4 aromatic rings. The van der Waals surface area contributed by atoms with Gasteiger partial charge in [-0.3, -0.25) is 9.78 Å². The van der Waals surface area contributed by atoms with Gasteiger partial charge < -0.3 is 15.0 Å². The number of likely N-dealkylation sites (tertiary alicyclic amines) is 1. The van der Waals surface area contributed by atoms with Crippen molar-refractivity contribution in [2.45, 2.75) is 26.4 Å². The molecule has 5 rings (SSSR count). The number of aromatic nitrogens is 3. The Morgan fingerprint density at radius 2 is 2.10 bits per heavy atom. The average molecular weight is 552 g/mol. The highest BCUT2D eigenvalue weighted by Crippen LogP contribution is 2.32. The van der Waals surface area contributed by atoms with Crippen molar-refractivity contribution in [1.29, 1.82) is 0 Å². The maximum Gasteiger partial charge on any atom is 0.159 e. The molecule has 3 heterocycles. The van der Waals surface area contributed by atoms with Crippen molar-refractivity contribution in [2.75, 3.05) is 25.5 Å². The predicted molar refractivity (Wildman–Crippen MR) is 159 cm³/mol. The number of rotatable bonds is 8. The Hall–Kier alpha value is -4.25. The number of hydrogen-bond acceptors (Lipinski definition) is 7. The molecular formula is C32H30ClN5O2. The molecule has 40 heavy (non-hydrogen) atoms. The van der Waals surface area contributed by atoms with Crippen molar-refractivity contribution in [3.8, 4) is 17.6 Å². The van der Waals surface area contributed by atoms with Gasteiger partial charge in [-0.15, -0.1) is 0 Å². The quantitative estimate of drug-likeness (QED) is 0.213. The van der Waals surface area contributed by atoms with E-state index in [1.165, 1.54) is 12.4 Å². The smallest absolute Gasteiger partial charge is 0.159 e. The third-order valence-corrected chi connectivity index (χ3v) is 7.21. The molecule has 0 amide bonds. The van der Waals surface area contributed by atoms with E-state index in [2.05, 4.69) is 57.6 Å². The fourth-order valence-electron chi connectivity index (χ4n) is 4.75. The number of carbonyl (C=O) groups excluding carboxylic acids is 1. The van der Waals surface area contributed by atoms with E-state index in [0.29, 0.717) is 23.2 Å².